The second-order valence-corrected chi connectivity index (χ2v) is 11.8. The van der Waals surface area contributed by atoms with E-state index in [0.717, 1.165) is 17.9 Å². The van der Waals surface area contributed by atoms with Crippen molar-refractivity contribution in [3.8, 4) is 5.88 Å². The molecule has 188 valence electrons. The number of piperidine rings is 1. The Morgan fingerprint density at radius 1 is 1.08 bits per heavy atom. The van der Waals surface area contributed by atoms with E-state index in [1.165, 1.54) is 55.2 Å². The molecule has 1 saturated carbocycles. The van der Waals surface area contributed by atoms with Gasteiger partial charge in [0.05, 0.1) is 17.3 Å². The van der Waals surface area contributed by atoms with Crippen molar-refractivity contribution in [1.82, 2.24) is 10.3 Å². The van der Waals surface area contributed by atoms with E-state index in [9.17, 15) is 9.59 Å². The van der Waals surface area contributed by atoms with Crippen LogP contribution in [-0.2, 0) is 15.1 Å². The van der Waals surface area contributed by atoms with Crippen LogP contribution in [0.3, 0.4) is 0 Å². The summed E-state index contributed by atoms with van der Waals surface area (Å²) in [5.74, 6) is 0.752. The molecule has 0 radical (unpaired) electrons. The van der Waals surface area contributed by atoms with Gasteiger partial charge in [-0.15, -0.1) is 11.8 Å². The number of halogens is 1. The van der Waals surface area contributed by atoms with Crippen LogP contribution in [0.25, 0.3) is 0 Å². The molecule has 1 aliphatic heterocycles. The van der Waals surface area contributed by atoms with Crippen LogP contribution in [0.2, 0.25) is 5.02 Å². The number of carbonyl (C=O) groups is 2. The van der Waals surface area contributed by atoms with Crippen LogP contribution in [0.5, 0.6) is 5.88 Å². The van der Waals surface area contributed by atoms with Gasteiger partial charge in [0.25, 0.3) is 0 Å². The van der Waals surface area contributed by atoms with Gasteiger partial charge in [0.15, 0.2) is 5.78 Å². The van der Waals surface area contributed by atoms with Crippen molar-refractivity contribution < 1.29 is 14.3 Å². The summed E-state index contributed by atoms with van der Waals surface area (Å²) in [6, 6.07) is 14.8. The molecular weight excluding hydrogens is 512 g/mol. The average molecular weight is 541 g/mol. The van der Waals surface area contributed by atoms with E-state index in [-0.39, 0.29) is 18.1 Å². The molecule has 3 aromatic rings. The first-order valence-electron chi connectivity index (χ1n) is 12.4. The van der Waals surface area contributed by atoms with Gasteiger partial charge >= 0.3 is 0 Å². The smallest absolute Gasteiger partial charge is 0.242 e. The third-order valence-electron chi connectivity index (χ3n) is 7.06. The van der Waals surface area contributed by atoms with Crippen LogP contribution in [0.1, 0.15) is 56.2 Å². The highest BCUT2D eigenvalue weighted by atomic mass is 35.5. The lowest BCUT2D eigenvalue weighted by atomic mass is 9.79. The van der Waals surface area contributed by atoms with Gasteiger partial charge in [-0.25, -0.2) is 4.98 Å². The molecule has 2 aromatic heterocycles. The van der Waals surface area contributed by atoms with Gasteiger partial charge < -0.3 is 10.1 Å². The molecule has 1 aliphatic carbocycles. The summed E-state index contributed by atoms with van der Waals surface area (Å²) in [5, 5.41) is 6.74. The Morgan fingerprint density at radius 2 is 1.92 bits per heavy atom. The molecule has 5 nitrogen and oxygen atoms in total. The van der Waals surface area contributed by atoms with Crippen LogP contribution in [0.4, 0.5) is 0 Å². The molecule has 1 amide bonds. The highest BCUT2D eigenvalue weighted by Crippen LogP contribution is 2.41. The van der Waals surface area contributed by atoms with E-state index in [4.69, 9.17) is 21.3 Å². The number of nitrogens with zero attached hydrogens (tertiary/aromatic N) is 1. The number of ether oxygens (including phenoxy) is 1. The van der Waals surface area contributed by atoms with E-state index in [2.05, 4.69) is 5.32 Å². The molecule has 2 fully saturated rings. The number of benzene rings is 1. The second-order valence-electron chi connectivity index (χ2n) is 9.48. The van der Waals surface area contributed by atoms with Crippen molar-refractivity contribution in [2.45, 2.75) is 60.6 Å². The summed E-state index contributed by atoms with van der Waals surface area (Å²) in [7, 11) is 0. The second kappa shape index (κ2) is 11.4. The normalized spacial score (nSPS) is 22.9. The lowest BCUT2D eigenvalue weighted by Gasteiger charge is -2.39. The monoisotopic (exact) mass is 540 g/mol. The molecule has 1 saturated heterocycles. The van der Waals surface area contributed by atoms with Gasteiger partial charge in [0.1, 0.15) is 10.8 Å². The molecule has 0 bridgehead atoms. The van der Waals surface area contributed by atoms with E-state index in [1.807, 2.05) is 53.2 Å². The van der Waals surface area contributed by atoms with Crippen molar-refractivity contribution in [3.63, 3.8) is 0 Å². The van der Waals surface area contributed by atoms with Crippen LogP contribution >= 0.6 is 34.7 Å². The number of pyridine rings is 1. The van der Waals surface area contributed by atoms with Gasteiger partial charge in [0, 0.05) is 17.4 Å². The van der Waals surface area contributed by atoms with Crippen molar-refractivity contribution in [2.75, 3.05) is 6.61 Å². The summed E-state index contributed by atoms with van der Waals surface area (Å²) < 4.78 is 6.04. The molecule has 0 spiro atoms. The highest BCUT2D eigenvalue weighted by Gasteiger charge is 2.48. The number of hydrogen-bond donors (Lipinski definition) is 1. The molecule has 8 heteroatoms. The number of hydrogen-bond acceptors (Lipinski definition) is 6. The number of nitrogens with one attached hydrogen (secondary N) is 1. The molecule has 1 N–H and O–H groups in total. The third kappa shape index (κ3) is 5.48. The maximum Gasteiger partial charge on any atom is 0.242 e. The Morgan fingerprint density at radius 3 is 2.67 bits per heavy atom. The molecule has 2 atom stereocenters. The van der Waals surface area contributed by atoms with Gasteiger partial charge in [-0.2, -0.15) is 11.3 Å². The lowest BCUT2D eigenvalue weighted by molar-refractivity contribution is -0.133. The van der Waals surface area contributed by atoms with Crippen LogP contribution in [0.15, 0.2) is 64.2 Å². The summed E-state index contributed by atoms with van der Waals surface area (Å²) in [4.78, 5) is 32.3. The molecule has 2 unspecified atom stereocenters. The number of rotatable bonds is 8. The Labute approximate surface area is 225 Å². The Bertz CT molecular complexity index is 1190. The number of carbonyl (C=O) groups excluding carboxylic acids is 2. The maximum absolute atomic E-state index is 13.5. The SMILES string of the molecule is O=C1CC(c2ccsc2)(c2cccc(OCCC3CCCCC3)n2)NC(=O)C1Sc1ccccc1Cl. The Hall–Kier alpha value is -2.35. The number of amides is 1. The largest absolute Gasteiger partial charge is 0.478 e. The Kier molecular flexibility index (Phi) is 7.99. The first-order chi connectivity index (χ1) is 17.5. The Balaban J connectivity index is 1.37. The highest BCUT2D eigenvalue weighted by molar-refractivity contribution is 8.01. The van der Waals surface area contributed by atoms with Gasteiger partial charge in [-0.3, -0.25) is 9.59 Å². The zero-order chi connectivity index (χ0) is 25.0. The average Bonchev–Trinajstić information content (AvgIpc) is 3.44. The predicted molar refractivity (Wildman–Crippen MR) is 145 cm³/mol. The molecule has 3 heterocycles. The van der Waals surface area contributed by atoms with Crippen molar-refractivity contribution in [1.29, 1.82) is 0 Å². The zero-order valence-corrected chi connectivity index (χ0v) is 22.3. The van der Waals surface area contributed by atoms with Crippen molar-refractivity contribution in [3.05, 3.63) is 75.6 Å². The first-order valence-corrected chi connectivity index (χ1v) is 14.6. The van der Waals surface area contributed by atoms with Crippen LogP contribution in [-0.4, -0.2) is 28.5 Å². The van der Waals surface area contributed by atoms with E-state index >= 15 is 0 Å². The fourth-order valence-electron chi connectivity index (χ4n) is 5.13. The number of aromatic nitrogens is 1. The van der Waals surface area contributed by atoms with E-state index in [1.54, 1.807) is 6.07 Å². The van der Waals surface area contributed by atoms with Crippen LogP contribution < -0.4 is 10.1 Å². The summed E-state index contributed by atoms with van der Waals surface area (Å²) in [6.45, 7) is 0.619. The van der Waals surface area contributed by atoms with Crippen molar-refractivity contribution >= 4 is 46.4 Å². The fraction of sp³-hybridized carbons (Fsp3) is 0.393. The van der Waals surface area contributed by atoms with Gasteiger partial charge in [0.2, 0.25) is 11.8 Å². The maximum atomic E-state index is 13.5. The molecule has 1 aromatic carbocycles. The number of ketones is 1. The van der Waals surface area contributed by atoms with Crippen LogP contribution in [0, 0.1) is 5.92 Å². The summed E-state index contributed by atoms with van der Waals surface area (Å²) in [6.07, 6.45) is 7.65. The number of thioether (sulfide) groups is 1. The minimum atomic E-state index is -1.03. The quantitative estimate of drug-likeness (QED) is 0.324. The summed E-state index contributed by atoms with van der Waals surface area (Å²) >= 11 is 9.01. The molecule has 2 aliphatic rings. The number of Topliss-reactive ketones (excluding diaryl/α,β-unsaturated/α-hetero) is 1. The van der Waals surface area contributed by atoms with Gasteiger partial charge in [-0.05, 0) is 52.9 Å². The van der Waals surface area contributed by atoms with Gasteiger partial charge in [-0.1, -0.05) is 61.9 Å². The third-order valence-corrected chi connectivity index (χ3v) is 9.51. The molecule has 5 rings (SSSR count). The molecular formula is C28H29ClN2O3S2. The van der Waals surface area contributed by atoms with E-state index < -0.39 is 10.8 Å². The number of thiophene rings is 1. The minimum Gasteiger partial charge on any atom is -0.478 e. The topological polar surface area (TPSA) is 68.3 Å². The van der Waals surface area contributed by atoms with Crippen molar-refractivity contribution in [2.24, 2.45) is 5.92 Å². The zero-order valence-electron chi connectivity index (χ0n) is 20.0. The first kappa shape index (κ1) is 25.3. The standard InChI is InChI=1S/C28H29ClN2O3S2/c29-21-9-4-5-10-23(21)36-26-22(32)17-28(31-27(26)33,20-14-16-35-18-20)24-11-6-12-25(30-24)34-15-13-19-7-2-1-3-8-19/h4-6,9-12,14,16,18-19,26H,1-3,7-8,13,15,17H2,(H,31,33). The summed E-state index contributed by atoms with van der Waals surface area (Å²) in [5.41, 5.74) is 0.426. The predicted octanol–water partition coefficient (Wildman–Crippen LogP) is 6.64. The molecule has 36 heavy (non-hydrogen) atoms. The fourth-order valence-corrected chi connectivity index (χ4v) is 7.10. The van der Waals surface area contributed by atoms with E-state index in [0.29, 0.717) is 28.1 Å². The lowest BCUT2D eigenvalue weighted by Crippen LogP contribution is -2.58. The minimum absolute atomic E-state index is 0.107.